The van der Waals surface area contributed by atoms with E-state index in [0.29, 0.717) is 10.6 Å². The lowest BCUT2D eigenvalue weighted by molar-refractivity contribution is 0.464. The summed E-state index contributed by atoms with van der Waals surface area (Å²) in [4.78, 5) is 0. The van der Waals surface area contributed by atoms with Crippen LogP contribution in [-0.4, -0.2) is 5.11 Å². The average molecular weight is 186 g/mol. The SMILES string of the molecule is Cc1cc(Cl)c(O)c(C(C)N)c1. The third-order valence-corrected chi connectivity index (χ3v) is 2.02. The second kappa shape index (κ2) is 3.33. The van der Waals surface area contributed by atoms with Gasteiger partial charge in [0.05, 0.1) is 5.02 Å². The Hall–Kier alpha value is -0.730. The zero-order valence-corrected chi connectivity index (χ0v) is 7.89. The molecule has 0 heterocycles. The fourth-order valence-corrected chi connectivity index (χ4v) is 1.39. The van der Waals surface area contributed by atoms with Crippen molar-refractivity contribution in [2.24, 2.45) is 5.73 Å². The zero-order valence-electron chi connectivity index (χ0n) is 7.13. The molecule has 66 valence electrons. The summed E-state index contributed by atoms with van der Waals surface area (Å²) in [5.41, 5.74) is 7.33. The highest BCUT2D eigenvalue weighted by molar-refractivity contribution is 6.32. The van der Waals surface area contributed by atoms with Crippen molar-refractivity contribution in [3.63, 3.8) is 0 Å². The molecule has 3 N–H and O–H groups in total. The van der Waals surface area contributed by atoms with Crippen LogP contribution >= 0.6 is 11.6 Å². The molecule has 0 saturated carbocycles. The van der Waals surface area contributed by atoms with Gasteiger partial charge in [-0.1, -0.05) is 17.7 Å². The molecule has 0 bridgehead atoms. The smallest absolute Gasteiger partial charge is 0.138 e. The molecule has 0 radical (unpaired) electrons. The van der Waals surface area contributed by atoms with Crippen molar-refractivity contribution < 1.29 is 5.11 Å². The van der Waals surface area contributed by atoms with Crippen molar-refractivity contribution >= 4 is 11.6 Å². The number of halogens is 1. The highest BCUT2D eigenvalue weighted by Crippen LogP contribution is 2.31. The number of phenols is 1. The van der Waals surface area contributed by atoms with Crippen molar-refractivity contribution in [1.82, 2.24) is 0 Å². The van der Waals surface area contributed by atoms with Crippen LogP contribution in [0.15, 0.2) is 12.1 Å². The van der Waals surface area contributed by atoms with Gasteiger partial charge < -0.3 is 10.8 Å². The minimum absolute atomic E-state index is 0.0947. The van der Waals surface area contributed by atoms with Crippen LogP contribution in [0.5, 0.6) is 5.75 Å². The highest BCUT2D eigenvalue weighted by Gasteiger charge is 2.09. The summed E-state index contributed by atoms with van der Waals surface area (Å²) in [6.45, 7) is 3.72. The van der Waals surface area contributed by atoms with Gasteiger partial charge in [-0.2, -0.15) is 0 Å². The first-order chi connectivity index (χ1) is 5.52. The van der Waals surface area contributed by atoms with Gasteiger partial charge in [0.1, 0.15) is 5.75 Å². The Morgan fingerprint density at radius 3 is 2.58 bits per heavy atom. The number of nitrogens with two attached hydrogens (primary N) is 1. The number of aromatic hydroxyl groups is 1. The molecule has 2 nitrogen and oxygen atoms in total. The van der Waals surface area contributed by atoms with E-state index in [4.69, 9.17) is 17.3 Å². The summed E-state index contributed by atoms with van der Waals surface area (Å²) >= 11 is 5.76. The maximum atomic E-state index is 9.48. The summed E-state index contributed by atoms with van der Waals surface area (Å²) in [6, 6.07) is 3.36. The number of aryl methyl sites for hydroxylation is 1. The largest absolute Gasteiger partial charge is 0.506 e. The van der Waals surface area contributed by atoms with Crippen LogP contribution in [0.2, 0.25) is 5.02 Å². The Bertz CT molecular complexity index is 297. The molecule has 1 aromatic carbocycles. The number of hydrogen-bond donors (Lipinski definition) is 2. The Morgan fingerprint density at radius 1 is 1.50 bits per heavy atom. The first-order valence-corrected chi connectivity index (χ1v) is 4.14. The fraction of sp³-hybridized carbons (Fsp3) is 0.333. The van der Waals surface area contributed by atoms with Gasteiger partial charge in [-0.15, -0.1) is 0 Å². The topological polar surface area (TPSA) is 46.2 Å². The maximum Gasteiger partial charge on any atom is 0.138 e. The van der Waals surface area contributed by atoms with Crippen LogP contribution in [-0.2, 0) is 0 Å². The molecular formula is C9H12ClNO. The minimum atomic E-state index is -0.192. The van der Waals surface area contributed by atoms with E-state index in [0.717, 1.165) is 5.56 Å². The molecule has 0 aromatic heterocycles. The van der Waals surface area contributed by atoms with E-state index in [1.54, 1.807) is 6.07 Å². The Morgan fingerprint density at radius 2 is 2.08 bits per heavy atom. The van der Waals surface area contributed by atoms with Gasteiger partial charge in [0, 0.05) is 11.6 Å². The third kappa shape index (κ3) is 1.71. The van der Waals surface area contributed by atoms with Crippen molar-refractivity contribution in [2.45, 2.75) is 19.9 Å². The van der Waals surface area contributed by atoms with Crippen LogP contribution in [0.1, 0.15) is 24.1 Å². The summed E-state index contributed by atoms with van der Waals surface area (Å²) in [7, 11) is 0. The Balaban J connectivity index is 3.28. The molecule has 0 aliphatic heterocycles. The van der Waals surface area contributed by atoms with Gasteiger partial charge in [0.2, 0.25) is 0 Å². The van der Waals surface area contributed by atoms with E-state index in [1.165, 1.54) is 0 Å². The minimum Gasteiger partial charge on any atom is -0.506 e. The fourth-order valence-electron chi connectivity index (χ4n) is 1.11. The molecule has 1 unspecified atom stereocenters. The van der Waals surface area contributed by atoms with Crippen LogP contribution in [0.25, 0.3) is 0 Å². The molecule has 3 heteroatoms. The van der Waals surface area contributed by atoms with Gasteiger partial charge in [0.25, 0.3) is 0 Å². The van der Waals surface area contributed by atoms with Gasteiger partial charge in [-0.25, -0.2) is 0 Å². The number of hydrogen-bond acceptors (Lipinski definition) is 2. The van der Waals surface area contributed by atoms with Crippen LogP contribution in [0, 0.1) is 6.92 Å². The predicted octanol–water partition coefficient (Wildman–Crippen LogP) is 2.37. The quantitative estimate of drug-likeness (QED) is 0.706. The second-order valence-electron chi connectivity index (χ2n) is 2.97. The predicted molar refractivity (Wildman–Crippen MR) is 50.5 cm³/mol. The lowest BCUT2D eigenvalue weighted by atomic mass is 10.1. The van der Waals surface area contributed by atoms with Crippen molar-refractivity contribution in [3.05, 3.63) is 28.3 Å². The monoisotopic (exact) mass is 185 g/mol. The van der Waals surface area contributed by atoms with Crippen molar-refractivity contribution in [1.29, 1.82) is 0 Å². The van der Waals surface area contributed by atoms with E-state index >= 15 is 0 Å². The number of phenolic OH excluding ortho intramolecular Hbond substituents is 1. The van der Waals surface area contributed by atoms with Crippen molar-refractivity contribution in [2.75, 3.05) is 0 Å². The second-order valence-corrected chi connectivity index (χ2v) is 3.38. The lowest BCUT2D eigenvalue weighted by Crippen LogP contribution is -2.05. The van der Waals surface area contributed by atoms with Crippen LogP contribution < -0.4 is 5.73 Å². The first-order valence-electron chi connectivity index (χ1n) is 3.77. The molecular weight excluding hydrogens is 174 g/mol. The molecule has 0 fully saturated rings. The third-order valence-electron chi connectivity index (χ3n) is 1.73. The van der Waals surface area contributed by atoms with E-state index in [2.05, 4.69) is 0 Å². The standard InChI is InChI=1S/C9H12ClNO/c1-5-3-7(6(2)11)9(12)8(10)4-5/h3-4,6,12H,11H2,1-2H3. The van der Waals surface area contributed by atoms with Crippen molar-refractivity contribution in [3.8, 4) is 5.75 Å². The lowest BCUT2D eigenvalue weighted by Gasteiger charge is -2.10. The summed E-state index contributed by atoms with van der Waals surface area (Å²) < 4.78 is 0. The zero-order chi connectivity index (χ0) is 9.30. The molecule has 0 aliphatic rings. The molecule has 0 saturated heterocycles. The molecule has 1 aromatic rings. The van der Waals surface area contributed by atoms with Gasteiger partial charge in [-0.05, 0) is 25.5 Å². The van der Waals surface area contributed by atoms with E-state index in [9.17, 15) is 5.11 Å². The first kappa shape index (κ1) is 9.36. The Kier molecular flexibility index (Phi) is 2.60. The molecule has 1 rings (SSSR count). The van der Waals surface area contributed by atoms with E-state index in [-0.39, 0.29) is 11.8 Å². The van der Waals surface area contributed by atoms with E-state index in [1.807, 2.05) is 19.9 Å². The Labute approximate surface area is 77.0 Å². The number of benzene rings is 1. The number of rotatable bonds is 1. The molecule has 12 heavy (non-hydrogen) atoms. The van der Waals surface area contributed by atoms with Crippen LogP contribution in [0.3, 0.4) is 0 Å². The van der Waals surface area contributed by atoms with Crippen LogP contribution in [0.4, 0.5) is 0 Å². The molecule has 1 atom stereocenters. The maximum absolute atomic E-state index is 9.48. The van der Waals surface area contributed by atoms with Gasteiger partial charge in [0.15, 0.2) is 0 Å². The highest BCUT2D eigenvalue weighted by atomic mass is 35.5. The van der Waals surface area contributed by atoms with Gasteiger partial charge >= 0.3 is 0 Å². The summed E-state index contributed by atoms with van der Waals surface area (Å²) in [5.74, 6) is 0.0947. The molecule has 0 amide bonds. The molecule has 0 aliphatic carbocycles. The van der Waals surface area contributed by atoms with Gasteiger partial charge in [-0.3, -0.25) is 0 Å². The summed E-state index contributed by atoms with van der Waals surface area (Å²) in [5, 5.41) is 9.84. The normalized spacial score (nSPS) is 13.0. The summed E-state index contributed by atoms with van der Waals surface area (Å²) in [6.07, 6.45) is 0. The van der Waals surface area contributed by atoms with E-state index < -0.39 is 0 Å². The average Bonchev–Trinajstić information content (AvgIpc) is 1.96. The molecule has 0 spiro atoms.